The van der Waals surface area contributed by atoms with Gasteiger partial charge >= 0.3 is 5.97 Å². The van der Waals surface area contributed by atoms with Gasteiger partial charge in [0.05, 0.1) is 25.0 Å². The minimum Gasteiger partial charge on any atom is -0.493 e. The number of hydrogen-bond acceptors (Lipinski definition) is 9. The van der Waals surface area contributed by atoms with E-state index >= 15 is 0 Å². The molecule has 2 amide bonds. The first-order valence-electron chi connectivity index (χ1n) is 15.3. The first-order valence-corrected chi connectivity index (χ1v) is 18.7. The minimum absolute atomic E-state index is 0.0260. The molecule has 0 aliphatic carbocycles. The van der Waals surface area contributed by atoms with Crippen LogP contribution in [0.5, 0.6) is 5.75 Å². The van der Waals surface area contributed by atoms with Crippen molar-refractivity contribution in [1.82, 2.24) is 14.8 Å². The van der Waals surface area contributed by atoms with Crippen molar-refractivity contribution in [3.05, 3.63) is 107 Å². The number of benzene rings is 4. The molecule has 0 bridgehead atoms. The van der Waals surface area contributed by atoms with E-state index in [2.05, 4.69) is 10.0 Å². The van der Waals surface area contributed by atoms with Crippen molar-refractivity contribution in [2.24, 2.45) is 0 Å². The van der Waals surface area contributed by atoms with Gasteiger partial charge < -0.3 is 14.8 Å². The van der Waals surface area contributed by atoms with E-state index in [0.717, 1.165) is 10.8 Å². The van der Waals surface area contributed by atoms with Crippen LogP contribution >= 0.6 is 11.6 Å². The fourth-order valence-electron chi connectivity index (χ4n) is 5.42. The number of carbonyl (C=O) groups excluding carboxylic acids is 3. The van der Waals surface area contributed by atoms with Crippen LogP contribution in [0.4, 0.5) is 0 Å². The SMILES string of the molecule is COC(=O)c1cc2ccccc2cc1OCCCCNC(=O)C(Cc1ccc(C2CC(=O)NS2(=O)=O)c(Cl)c1)NS(=O)(=O)c1ccccc1. The van der Waals surface area contributed by atoms with Crippen molar-refractivity contribution in [1.29, 1.82) is 0 Å². The first kappa shape index (κ1) is 35.8. The fraction of sp³-hybridized carbons (Fsp3) is 0.265. The van der Waals surface area contributed by atoms with Crippen LogP contribution in [0.2, 0.25) is 5.02 Å². The monoisotopic (exact) mass is 727 g/mol. The molecular formula is C34H34ClN3O9S2. The number of halogens is 1. The molecule has 1 aliphatic heterocycles. The number of fused-ring (bicyclic) bond motifs is 1. The third-order valence-corrected chi connectivity index (χ3v) is 11.4. The quantitative estimate of drug-likeness (QED) is 0.128. The number of amides is 2. The van der Waals surface area contributed by atoms with Crippen molar-refractivity contribution in [2.75, 3.05) is 20.3 Å². The zero-order valence-corrected chi connectivity index (χ0v) is 28.7. The largest absolute Gasteiger partial charge is 0.493 e. The number of ether oxygens (including phenoxy) is 2. The lowest BCUT2D eigenvalue weighted by molar-refractivity contribution is -0.122. The maximum Gasteiger partial charge on any atom is 0.341 e. The molecule has 2 atom stereocenters. The smallest absolute Gasteiger partial charge is 0.341 e. The van der Waals surface area contributed by atoms with Crippen LogP contribution in [0.3, 0.4) is 0 Å². The zero-order chi connectivity index (χ0) is 35.2. The molecule has 2 unspecified atom stereocenters. The average Bonchev–Trinajstić information content (AvgIpc) is 3.36. The van der Waals surface area contributed by atoms with Gasteiger partial charge in [-0.15, -0.1) is 0 Å². The van der Waals surface area contributed by atoms with Crippen LogP contribution in [0.25, 0.3) is 10.8 Å². The van der Waals surface area contributed by atoms with Gasteiger partial charge in [0.25, 0.3) is 0 Å². The van der Waals surface area contributed by atoms with Gasteiger partial charge in [0.15, 0.2) is 0 Å². The summed E-state index contributed by atoms with van der Waals surface area (Å²) in [4.78, 5) is 37.5. The Labute approximate surface area is 289 Å². The summed E-state index contributed by atoms with van der Waals surface area (Å²) in [5.41, 5.74) is 0.981. The van der Waals surface area contributed by atoms with E-state index in [-0.39, 0.29) is 41.5 Å². The van der Waals surface area contributed by atoms with Crippen LogP contribution in [0, 0.1) is 0 Å². The molecule has 5 rings (SSSR count). The van der Waals surface area contributed by atoms with Crippen LogP contribution in [-0.4, -0.2) is 60.9 Å². The summed E-state index contributed by atoms with van der Waals surface area (Å²) in [6, 6.07) is 21.8. The predicted molar refractivity (Wildman–Crippen MR) is 183 cm³/mol. The van der Waals surface area contributed by atoms with Crippen LogP contribution < -0.4 is 19.5 Å². The molecule has 1 aliphatic rings. The third kappa shape index (κ3) is 8.76. The summed E-state index contributed by atoms with van der Waals surface area (Å²) < 4.78 is 66.4. The van der Waals surface area contributed by atoms with Crippen LogP contribution in [0.1, 0.15) is 46.0 Å². The fourth-order valence-corrected chi connectivity index (χ4v) is 8.49. The average molecular weight is 728 g/mol. The lowest BCUT2D eigenvalue weighted by Gasteiger charge is -2.20. The molecule has 1 saturated heterocycles. The van der Waals surface area contributed by atoms with Crippen molar-refractivity contribution in [3.63, 3.8) is 0 Å². The normalized spacial score (nSPS) is 16.1. The van der Waals surface area contributed by atoms with Gasteiger partial charge in [-0.2, -0.15) is 4.72 Å². The van der Waals surface area contributed by atoms with E-state index in [9.17, 15) is 31.2 Å². The Hall–Kier alpha value is -4.50. The van der Waals surface area contributed by atoms with Gasteiger partial charge in [0, 0.05) is 11.6 Å². The van der Waals surface area contributed by atoms with E-state index in [0.29, 0.717) is 29.7 Å². The molecule has 1 heterocycles. The Balaban J connectivity index is 1.24. The maximum absolute atomic E-state index is 13.4. The van der Waals surface area contributed by atoms with Crippen LogP contribution in [0.15, 0.2) is 89.8 Å². The molecule has 1 fully saturated rings. The Morgan fingerprint density at radius 2 is 1.67 bits per heavy atom. The van der Waals surface area contributed by atoms with Crippen molar-refractivity contribution >= 4 is 60.2 Å². The van der Waals surface area contributed by atoms with E-state index in [1.807, 2.05) is 29.0 Å². The Morgan fingerprint density at radius 1 is 0.980 bits per heavy atom. The molecule has 3 N–H and O–H groups in total. The topological polar surface area (TPSA) is 174 Å². The second kappa shape index (κ2) is 15.4. The van der Waals surface area contributed by atoms with E-state index in [1.54, 1.807) is 36.4 Å². The molecule has 0 spiro atoms. The second-order valence-electron chi connectivity index (χ2n) is 11.3. The van der Waals surface area contributed by atoms with E-state index in [4.69, 9.17) is 21.1 Å². The number of sulfonamides is 2. The highest BCUT2D eigenvalue weighted by molar-refractivity contribution is 7.90. The number of rotatable bonds is 14. The highest BCUT2D eigenvalue weighted by Gasteiger charge is 2.39. The molecule has 0 radical (unpaired) electrons. The van der Waals surface area contributed by atoms with Crippen molar-refractivity contribution in [3.8, 4) is 5.75 Å². The number of methoxy groups -OCH3 is 1. The molecule has 0 aromatic heterocycles. The summed E-state index contributed by atoms with van der Waals surface area (Å²) in [6.07, 6.45) is 0.609. The molecular weight excluding hydrogens is 694 g/mol. The minimum atomic E-state index is -4.10. The predicted octanol–water partition coefficient (Wildman–Crippen LogP) is 4.04. The van der Waals surface area contributed by atoms with Gasteiger partial charge in [-0.1, -0.05) is 66.2 Å². The highest BCUT2D eigenvalue weighted by Crippen LogP contribution is 2.35. The Morgan fingerprint density at radius 3 is 2.33 bits per heavy atom. The lowest BCUT2D eigenvalue weighted by Crippen LogP contribution is -2.48. The Kier molecular flexibility index (Phi) is 11.2. The number of carbonyl (C=O) groups is 3. The molecule has 15 heteroatoms. The molecule has 12 nitrogen and oxygen atoms in total. The van der Waals surface area contributed by atoms with Crippen molar-refractivity contribution in [2.45, 2.75) is 41.9 Å². The van der Waals surface area contributed by atoms with Gasteiger partial charge in [0.1, 0.15) is 22.6 Å². The molecule has 49 heavy (non-hydrogen) atoms. The Bertz CT molecular complexity index is 2090. The van der Waals surface area contributed by atoms with E-state index < -0.39 is 49.1 Å². The summed E-state index contributed by atoms with van der Waals surface area (Å²) in [5.74, 6) is -1.37. The number of hydrogen-bond donors (Lipinski definition) is 3. The summed E-state index contributed by atoms with van der Waals surface area (Å²) in [7, 11) is -6.74. The third-order valence-electron chi connectivity index (χ3n) is 7.90. The lowest BCUT2D eigenvalue weighted by atomic mass is 10.0. The second-order valence-corrected chi connectivity index (χ2v) is 15.3. The molecule has 4 aromatic carbocycles. The number of unbranched alkanes of at least 4 members (excludes halogenated alkanes) is 1. The highest BCUT2D eigenvalue weighted by atomic mass is 35.5. The number of esters is 1. The zero-order valence-electron chi connectivity index (χ0n) is 26.3. The van der Waals surface area contributed by atoms with Gasteiger partial charge in [-0.3, -0.25) is 14.3 Å². The first-order chi connectivity index (χ1) is 23.4. The summed E-state index contributed by atoms with van der Waals surface area (Å²) >= 11 is 6.44. The molecule has 258 valence electrons. The summed E-state index contributed by atoms with van der Waals surface area (Å²) in [6.45, 7) is 0.443. The van der Waals surface area contributed by atoms with Crippen molar-refractivity contribution < 1.29 is 40.7 Å². The summed E-state index contributed by atoms with van der Waals surface area (Å²) in [5, 5.41) is 3.44. The molecule has 4 aromatic rings. The van der Waals surface area contributed by atoms with Gasteiger partial charge in [-0.25, -0.2) is 21.6 Å². The van der Waals surface area contributed by atoms with E-state index in [1.165, 1.54) is 31.4 Å². The number of nitrogens with one attached hydrogen (secondary N) is 3. The maximum atomic E-state index is 13.4. The van der Waals surface area contributed by atoms with Gasteiger partial charge in [-0.05, 0) is 71.5 Å². The van der Waals surface area contributed by atoms with Gasteiger partial charge in [0.2, 0.25) is 31.9 Å². The van der Waals surface area contributed by atoms with Crippen LogP contribution in [-0.2, 0) is 40.8 Å². The molecule has 0 saturated carbocycles. The standard InChI is InChI=1S/C34H34ClN3O9S2/c1-46-34(41)27-19-23-9-5-6-10-24(23)20-30(27)47-16-8-7-15-36-33(40)29(37-48(42,43)25-11-3-2-4-12-25)18-22-13-14-26(28(35)17-22)31-21-32(39)38-49(31,44)45/h2-6,9-14,17,19-20,29,31,37H,7-8,15-16,18,21H2,1H3,(H,36,40)(H,38,39).